The first-order valence-electron chi connectivity index (χ1n) is 3.27. The van der Waals surface area contributed by atoms with E-state index in [2.05, 4.69) is 24.3 Å². The second-order valence-corrected chi connectivity index (χ2v) is 2.78. The normalized spacial score (nSPS) is 41.0. The van der Waals surface area contributed by atoms with Gasteiger partial charge in [0.25, 0.3) is 0 Å². The second kappa shape index (κ2) is 1.25. The van der Waals surface area contributed by atoms with E-state index < -0.39 is 0 Å². The molecule has 0 nitrogen and oxygen atoms in total. The molecular weight excluding hydrogens is 96.1 g/mol. The first-order chi connectivity index (χ1) is 3.91. The summed E-state index contributed by atoms with van der Waals surface area (Å²) in [7, 11) is 0. The van der Waals surface area contributed by atoms with Crippen LogP contribution in [0.5, 0.6) is 0 Å². The van der Waals surface area contributed by atoms with Crippen molar-refractivity contribution in [1.82, 2.24) is 0 Å². The Labute approximate surface area is 49.9 Å². The average molecular weight is 106 g/mol. The Morgan fingerprint density at radius 3 is 2.25 bits per heavy atom. The lowest BCUT2D eigenvalue weighted by Crippen LogP contribution is -2.16. The van der Waals surface area contributed by atoms with Crippen LogP contribution in [0.15, 0.2) is 24.3 Å². The zero-order chi connectivity index (χ0) is 5.45. The molecule has 0 aromatic rings. The molecule has 0 aromatic carbocycles. The molecule has 0 heterocycles. The maximum atomic E-state index is 2.35. The monoisotopic (exact) mass is 106 g/mol. The molecule has 2 rings (SSSR count). The van der Waals surface area contributed by atoms with E-state index in [1.807, 2.05) is 0 Å². The van der Waals surface area contributed by atoms with Crippen molar-refractivity contribution in [3.63, 3.8) is 0 Å². The van der Waals surface area contributed by atoms with E-state index in [-0.39, 0.29) is 0 Å². The summed E-state index contributed by atoms with van der Waals surface area (Å²) in [6, 6.07) is 0. The van der Waals surface area contributed by atoms with Crippen molar-refractivity contribution in [2.45, 2.75) is 19.3 Å². The van der Waals surface area contributed by atoms with Gasteiger partial charge in [0.05, 0.1) is 0 Å². The van der Waals surface area contributed by atoms with Gasteiger partial charge in [-0.25, -0.2) is 0 Å². The van der Waals surface area contributed by atoms with Crippen LogP contribution in [0.4, 0.5) is 0 Å². The summed E-state index contributed by atoms with van der Waals surface area (Å²) in [6.45, 7) is 0. The smallest absolute Gasteiger partial charge is 0.00983 e. The minimum absolute atomic E-state index is 0.556. The molecule has 0 saturated heterocycles. The van der Waals surface area contributed by atoms with E-state index in [9.17, 15) is 0 Å². The molecule has 0 N–H and O–H groups in total. The molecule has 2 aliphatic rings. The van der Waals surface area contributed by atoms with Crippen LogP contribution in [0.3, 0.4) is 0 Å². The topological polar surface area (TPSA) is 0 Å². The molecule has 0 aliphatic heterocycles. The van der Waals surface area contributed by atoms with Gasteiger partial charge in [0.1, 0.15) is 0 Å². The van der Waals surface area contributed by atoms with Gasteiger partial charge in [0.15, 0.2) is 0 Å². The molecule has 2 aliphatic carbocycles. The maximum absolute atomic E-state index is 2.35. The Balaban J connectivity index is 2.26. The molecule has 0 aromatic heterocycles. The zero-order valence-electron chi connectivity index (χ0n) is 4.93. The lowest BCUT2D eigenvalue weighted by atomic mass is 9.76. The summed E-state index contributed by atoms with van der Waals surface area (Å²) in [4.78, 5) is 0. The first-order valence-corrected chi connectivity index (χ1v) is 3.27. The lowest BCUT2D eigenvalue weighted by Gasteiger charge is -2.28. The van der Waals surface area contributed by atoms with Crippen LogP contribution in [0, 0.1) is 5.41 Å². The van der Waals surface area contributed by atoms with Gasteiger partial charge in [-0.05, 0) is 19.3 Å². The molecule has 0 saturated carbocycles. The second-order valence-electron chi connectivity index (χ2n) is 2.78. The predicted octanol–water partition coefficient (Wildman–Crippen LogP) is 2.28. The van der Waals surface area contributed by atoms with E-state index in [0.29, 0.717) is 5.41 Å². The highest BCUT2D eigenvalue weighted by Gasteiger charge is 2.29. The molecular formula is C8H10. The molecule has 0 amide bonds. The van der Waals surface area contributed by atoms with Gasteiger partial charge in [0, 0.05) is 5.41 Å². The minimum atomic E-state index is 0.556. The molecule has 0 heteroatoms. The minimum Gasteiger partial charge on any atom is -0.0876 e. The van der Waals surface area contributed by atoms with Gasteiger partial charge in [-0.1, -0.05) is 24.3 Å². The molecule has 1 atom stereocenters. The molecule has 0 bridgehead atoms. The fourth-order valence-electron chi connectivity index (χ4n) is 1.48. The third kappa shape index (κ3) is 0.405. The van der Waals surface area contributed by atoms with Gasteiger partial charge >= 0.3 is 0 Å². The van der Waals surface area contributed by atoms with Crippen molar-refractivity contribution in [3.05, 3.63) is 24.3 Å². The number of hydrogen-bond donors (Lipinski definition) is 0. The van der Waals surface area contributed by atoms with Gasteiger partial charge in [-0.3, -0.25) is 0 Å². The van der Waals surface area contributed by atoms with Gasteiger partial charge in [-0.15, -0.1) is 0 Å². The van der Waals surface area contributed by atoms with Crippen molar-refractivity contribution in [1.29, 1.82) is 0 Å². The summed E-state index contributed by atoms with van der Waals surface area (Å²) < 4.78 is 0. The van der Waals surface area contributed by atoms with E-state index in [1.165, 1.54) is 19.3 Å². The lowest BCUT2D eigenvalue weighted by molar-refractivity contribution is 0.446. The average Bonchev–Trinajstić information content (AvgIpc) is 2.07. The SMILES string of the molecule is C1=CC2(C=CC2)CC1. The van der Waals surface area contributed by atoms with Gasteiger partial charge in [0.2, 0.25) is 0 Å². The predicted molar refractivity (Wildman–Crippen MR) is 34.6 cm³/mol. The Kier molecular flexibility index (Phi) is 0.682. The summed E-state index contributed by atoms with van der Waals surface area (Å²) >= 11 is 0. The van der Waals surface area contributed by atoms with E-state index in [1.54, 1.807) is 0 Å². The standard InChI is InChI=1S/C8H10/c1-2-5-8(4-1)6-3-7-8/h1,3-4,6H,2,5,7H2. The molecule has 1 spiro atoms. The summed E-state index contributed by atoms with van der Waals surface area (Å²) in [5.41, 5.74) is 0.556. The van der Waals surface area contributed by atoms with E-state index in [4.69, 9.17) is 0 Å². The highest BCUT2D eigenvalue weighted by atomic mass is 14.3. The quantitative estimate of drug-likeness (QED) is 0.415. The number of allylic oxidation sites excluding steroid dienone is 4. The van der Waals surface area contributed by atoms with Gasteiger partial charge in [-0.2, -0.15) is 0 Å². The van der Waals surface area contributed by atoms with Gasteiger partial charge < -0.3 is 0 Å². The van der Waals surface area contributed by atoms with Crippen molar-refractivity contribution in [2.24, 2.45) is 5.41 Å². The molecule has 42 valence electrons. The number of rotatable bonds is 0. The summed E-state index contributed by atoms with van der Waals surface area (Å²) in [5, 5.41) is 0. The first kappa shape index (κ1) is 4.37. The van der Waals surface area contributed by atoms with Crippen LogP contribution >= 0.6 is 0 Å². The summed E-state index contributed by atoms with van der Waals surface area (Å²) in [6.07, 6.45) is 13.2. The van der Waals surface area contributed by atoms with Crippen LogP contribution < -0.4 is 0 Å². The van der Waals surface area contributed by atoms with Crippen molar-refractivity contribution in [2.75, 3.05) is 0 Å². The fraction of sp³-hybridized carbons (Fsp3) is 0.500. The van der Waals surface area contributed by atoms with Crippen molar-refractivity contribution < 1.29 is 0 Å². The molecule has 0 radical (unpaired) electrons. The highest BCUT2D eigenvalue weighted by Crippen LogP contribution is 2.42. The van der Waals surface area contributed by atoms with Crippen molar-refractivity contribution >= 4 is 0 Å². The third-order valence-corrected chi connectivity index (χ3v) is 2.17. The Bertz CT molecular complexity index is 153. The maximum Gasteiger partial charge on any atom is 0.00983 e. The fourth-order valence-corrected chi connectivity index (χ4v) is 1.48. The molecule has 0 fully saturated rings. The Hall–Kier alpha value is -0.520. The van der Waals surface area contributed by atoms with Crippen LogP contribution in [-0.2, 0) is 0 Å². The van der Waals surface area contributed by atoms with Crippen LogP contribution in [0.2, 0.25) is 0 Å². The van der Waals surface area contributed by atoms with E-state index in [0.717, 1.165) is 0 Å². The molecule has 1 unspecified atom stereocenters. The summed E-state index contributed by atoms with van der Waals surface area (Å²) in [5.74, 6) is 0. The largest absolute Gasteiger partial charge is 0.0876 e. The van der Waals surface area contributed by atoms with Crippen molar-refractivity contribution in [3.8, 4) is 0 Å². The Morgan fingerprint density at radius 2 is 2.00 bits per heavy atom. The highest BCUT2D eigenvalue weighted by molar-refractivity contribution is 5.25. The van der Waals surface area contributed by atoms with Crippen LogP contribution in [0.25, 0.3) is 0 Å². The van der Waals surface area contributed by atoms with E-state index >= 15 is 0 Å². The zero-order valence-corrected chi connectivity index (χ0v) is 4.93. The van der Waals surface area contributed by atoms with Crippen LogP contribution in [-0.4, -0.2) is 0 Å². The number of hydrogen-bond acceptors (Lipinski definition) is 0. The Morgan fingerprint density at radius 1 is 1.12 bits per heavy atom. The third-order valence-electron chi connectivity index (χ3n) is 2.17. The van der Waals surface area contributed by atoms with Crippen LogP contribution in [0.1, 0.15) is 19.3 Å². The molecule has 8 heavy (non-hydrogen) atoms.